The van der Waals surface area contributed by atoms with Crippen molar-refractivity contribution in [1.82, 2.24) is 15.1 Å². The standard InChI is InChI=1S/C14H31N3O/c1-5-15-11-14(12-18-4)16(3)13-7-9-17(6-2)10-8-13/h13-15H,5-12H2,1-4H3. The number of methoxy groups -OCH3 is 1. The quantitative estimate of drug-likeness (QED) is 0.703. The van der Waals surface area contributed by atoms with E-state index in [0.29, 0.717) is 12.1 Å². The van der Waals surface area contributed by atoms with E-state index in [1.165, 1.54) is 32.5 Å². The molecule has 1 aliphatic heterocycles. The second-order valence-corrected chi connectivity index (χ2v) is 5.25. The van der Waals surface area contributed by atoms with Crippen LogP contribution in [0.2, 0.25) is 0 Å². The molecule has 0 amide bonds. The molecule has 1 heterocycles. The lowest BCUT2D eigenvalue weighted by atomic mass is 10.0. The number of likely N-dealkylation sites (tertiary alicyclic amines) is 1. The topological polar surface area (TPSA) is 27.7 Å². The summed E-state index contributed by atoms with van der Waals surface area (Å²) in [4.78, 5) is 5.07. The van der Waals surface area contributed by atoms with Gasteiger partial charge in [-0.15, -0.1) is 0 Å². The van der Waals surface area contributed by atoms with Crippen LogP contribution in [-0.2, 0) is 4.74 Å². The van der Waals surface area contributed by atoms with Gasteiger partial charge in [0.05, 0.1) is 6.61 Å². The minimum Gasteiger partial charge on any atom is -0.383 e. The Morgan fingerprint density at radius 3 is 2.50 bits per heavy atom. The Balaban J connectivity index is 2.41. The third kappa shape index (κ3) is 4.84. The lowest BCUT2D eigenvalue weighted by Gasteiger charge is -2.40. The lowest BCUT2D eigenvalue weighted by Crippen LogP contribution is -2.51. The zero-order valence-electron chi connectivity index (χ0n) is 12.6. The zero-order chi connectivity index (χ0) is 13.4. The minimum atomic E-state index is 0.494. The number of ether oxygens (including phenoxy) is 1. The van der Waals surface area contributed by atoms with Gasteiger partial charge < -0.3 is 15.0 Å². The molecule has 0 aromatic carbocycles. The summed E-state index contributed by atoms with van der Waals surface area (Å²) in [7, 11) is 4.06. The molecule has 1 atom stereocenters. The maximum atomic E-state index is 5.36. The zero-order valence-corrected chi connectivity index (χ0v) is 12.6. The number of nitrogens with zero attached hydrogens (tertiary/aromatic N) is 2. The molecular formula is C14H31N3O. The molecule has 1 unspecified atom stereocenters. The summed E-state index contributed by atoms with van der Waals surface area (Å²) in [5.74, 6) is 0. The molecule has 1 saturated heterocycles. The summed E-state index contributed by atoms with van der Waals surface area (Å²) < 4.78 is 5.36. The van der Waals surface area contributed by atoms with Crippen LogP contribution in [0.15, 0.2) is 0 Å². The SMILES string of the molecule is CCNCC(COC)N(C)C1CCN(CC)CC1. The molecule has 0 aliphatic carbocycles. The van der Waals surface area contributed by atoms with Gasteiger partial charge in [-0.25, -0.2) is 0 Å². The largest absolute Gasteiger partial charge is 0.383 e. The number of piperidine rings is 1. The first kappa shape index (κ1) is 15.9. The normalized spacial score (nSPS) is 20.5. The Hall–Kier alpha value is -0.160. The van der Waals surface area contributed by atoms with E-state index >= 15 is 0 Å². The summed E-state index contributed by atoms with van der Waals surface area (Å²) in [5, 5.41) is 3.44. The fraction of sp³-hybridized carbons (Fsp3) is 1.00. The van der Waals surface area contributed by atoms with Gasteiger partial charge in [-0.3, -0.25) is 4.90 Å². The molecule has 4 heteroatoms. The second kappa shape index (κ2) is 8.86. The van der Waals surface area contributed by atoms with Crippen LogP contribution in [0.4, 0.5) is 0 Å². The monoisotopic (exact) mass is 257 g/mol. The number of likely N-dealkylation sites (N-methyl/N-ethyl adjacent to an activating group) is 2. The molecule has 108 valence electrons. The number of hydrogen-bond acceptors (Lipinski definition) is 4. The summed E-state index contributed by atoms with van der Waals surface area (Å²) >= 11 is 0. The average Bonchev–Trinajstić information content (AvgIpc) is 2.43. The van der Waals surface area contributed by atoms with Crippen molar-refractivity contribution in [2.24, 2.45) is 0 Å². The molecule has 1 rings (SSSR count). The van der Waals surface area contributed by atoms with Gasteiger partial charge in [0.1, 0.15) is 0 Å². The molecule has 0 saturated carbocycles. The lowest BCUT2D eigenvalue weighted by molar-refractivity contribution is 0.0523. The molecule has 0 aromatic rings. The van der Waals surface area contributed by atoms with Gasteiger partial charge in [0.15, 0.2) is 0 Å². The Labute approximate surface area is 113 Å². The van der Waals surface area contributed by atoms with Crippen molar-refractivity contribution >= 4 is 0 Å². The third-order valence-corrected chi connectivity index (χ3v) is 4.15. The van der Waals surface area contributed by atoms with E-state index < -0.39 is 0 Å². The van der Waals surface area contributed by atoms with Crippen LogP contribution in [-0.4, -0.2) is 75.4 Å². The highest BCUT2D eigenvalue weighted by Crippen LogP contribution is 2.17. The maximum Gasteiger partial charge on any atom is 0.0630 e. The Bertz CT molecular complexity index is 205. The highest BCUT2D eigenvalue weighted by atomic mass is 16.5. The summed E-state index contributed by atoms with van der Waals surface area (Å²) in [6.45, 7) is 11.0. The van der Waals surface area contributed by atoms with Crippen molar-refractivity contribution in [2.75, 3.05) is 53.5 Å². The van der Waals surface area contributed by atoms with E-state index in [0.717, 1.165) is 19.7 Å². The highest BCUT2D eigenvalue weighted by molar-refractivity contribution is 4.82. The van der Waals surface area contributed by atoms with Crippen molar-refractivity contribution in [3.63, 3.8) is 0 Å². The third-order valence-electron chi connectivity index (χ3n) is 4.15. The van der Waals surface area contributed by atoms with Gasteiger partial charge >= 0.3 is 0 Å². The summed E-state index contributed by atoms with van der Waals surface area (Å²) in [6, 6.07) is 1.21. The van der Waals surface area contributed by atoms with Crippen LogP contribution in [0.3, 0.4) is 0 Å². The molecule has 1 N–H and O–H groups in total. The van der Waals surface area contributed by atoms with Gasteiger partial charge in [0.25, 0.3) is 0 Å². The van der Waals surface area contributed by atoms with Crippen molar-refractivity contribution in [3.8, 4) is 0 Å². The molecule has 18 heavy (non-hydrogen) atoms. The van der Waals surface area contributed by atoms with Gasteiger partial charge in [-0.2, -0.15) is 0 Å². The fourth-order valence-corrected chi connectivity index (χ4v) is 2.76. The van der Waals surface area contributed by atoms with E-state index in [1.54, 1.807) is 7.11 Å². The van der Waals surface area contributed by atoms with E-state index in [-0.39, 0.29) is 0 Å². The predicted molar refractivity (Wildman–Crippen MR) is 77.1 cm³/mol. The Morgan fingerprint density at radius 1 is 1.33 bits per heavy atom. The molecule has 4 nitrogen and oxygen atoms in total. The fourth-order valence-electron chi connectivity index (χ4n) is 2.76. The van der Waals surface area contributed by atoms with Crippen molar-refractivity contribution in [1.29, 1.82) is 0 Å². The van der Waals surface area contributed by atoms with E-state index in [2.05, 4.69) is 36.0 Å². The molecular weight excluding hydrogens is 226 g/mol. The van der Waals surface area contributed by atoms with E-state index in [9.17, 15) is 0 Å². The predicted octanol–water partition coefficient (Wildman–Crippen LogP) is 1.03. The van der Waals surface area contributed by atoms with Crippen molar-refractivity contribution in [2.45, 2.75) is 38.8 Å². The van der Waals surface area contributed by atoms with Gasteiger partial charge in [0.2, 0.25) is 0 Å². The van der Waals surface area contributed by atoms with Gasteiger partial charge in [-0.05, 0) is 46.1 Å². The van der Waals surface area contributed by atoms with E-state index in [1.807, 2.05) is 0 Å². The smallest absolute Gasteiger partial charge is 0.0630 e. The summed E-state index contributed by atoms with van der Waals surface area (Å²) in [5.41, 5.74) is 0. The second-order valence-electron chi connectivity index (χ2n) is 5.25. The molecule has 1 fully saturated rings. The molecule has 0 bridgehead atoms. The number of nitrogens with one attached hydrogen (secondary N) is 1. The Kier molecular flexibility index (Phi) is 7.82. The summed E-state index contributed by atoms with van der Waals surface area (Å²) in [6.07, 6.45) is 2.58. The van der Waals surface area contributed by atoms with Crippen LogP contribution >= 0.6 is 0 Å². The first-order valence-electron chi connectivity index (χ1n) is 7.36. The molecule has 0 aromatic heterocycles. The van der Waals surface area contributed by atoms with Gasteiger partial charge in [-0.1, -0.05) is 13.8 Å². The minimum absolute atomic E-state index is 0.494. The maximum absolute atomic E-state index is 5.36. The molecule has 0 radical (unpaired) electrons. The van der Waals surface area contributed by atoms with Crippen molar-refractivity contribution in [3.05, 3.63) is 0 Å². The first-order chi connectivity index (χ1) is 8.72. The highest BCUT2D eigenvalue weighted by Gasteiger charge is 2.26. The number of rotatable bonds is 8. The van der Waals surface area contributed by atoms with Crippen LogP contribution in [0.25, 0.3) is 0 Å². The van der Waals surface area contributed by atoms with E-state index in [4.69, 9.17) is 4.74 Å². The molecule has 1 aliphatic rings. The van der Waals surface area contributed by atoms with Crippen LogP contribution in [0.5, 0.6) is 0 Å². The average molecular weight is 257 g/mol. The molecule has 0 spiro atoms. The Morgan fingerprint density at radius 2 is 2.00 bits per heavy atom. The number of hydrogen-bond donors (Lipinski definition) is 1. The van der Waals surface area contributed by atoms with Gasteiger partial charge in [0, 0.05) is 25.7 Å². The first-order valence-corrected chi connectivity index (χ1v) is 7.36. The van der Waals surface area contributed by atoms with Crippen LogP contribution in [0.1, 0.15) is 26.7 Å². The van der Waals surface area contributed by atoms with Crippen LogP contribution in [0, 0.1) is 0 Å². The van der Waals surface area contributed by atoms with Crippen LogP contribution < -0.4 is 5.32 Å². The van der Waals surface area contributed by atoms with Crippen molar-refractivity contribution < 1.29 is 4.74 Å².